The number of amides is 1. The van der Waals surface area contributed by atoms with Gasteiger partial charge in [-0.25, -0.2) is 0 Å². The van der Waals surface area contributed by atoms with E-state index < -0.39 is 0 Å². The lowest BCUT2D eigenvalue weighted by atomic mass is 10.1. The number of carbonyl (C=O) groups excluding carboxylic acids is 1. The topological polar surface area (TPSA) is 46.1 Å². The molecule has 0 atom stereocenters. The molecular formula is C15H19N3O. The van der Waals surface area contributed by atoms with Gasteiger partial charge >= 0.3 is 0 Å². The third-order valence-corrected chi connectivity index (χ3v) is 3.23. The highest BCUT2D eigenvalue weighted by molar-refractivity contribution is 5.94. The second kappa shape index (κ2) is 5.61. The molecule has 0 spiro atoms. The molecule has 100 valence electrons. The molecule has 0 radical (unpaired) electrons. The lowest BCUT2D eigenvalue weighted by molar-refractivity contribution is 0.0963. The van der Waals surface area contributed by atoms with Gasteiger partial charge in [-0.1, -0.05) is 0 Å². The van der Waals surface area contributed by atoms with Crippen molar-refractivity contribution in [2.45, 2.75) is 13.5 Å². The number of carbonyl (C=O) groups is 1. The summed E-state index contributed by atoms with van der Waals surface area (Å²) in [6.07, 6.45) is 2.03. The van der Waals surface area contributed by atoms with E-state index >= 15 is 0 Å². The van der Waals surface area contributed by atoms with Gasteiger partial charge in [-0.05, 0) is 42.8 Å². The summed E-state index contributed by atoms with van der Waals surface area (Å²) in [4.78, 5) is 11.5. The first-order valence-corrected chi connectivity index (χ1v) is 6.28. The Hall–Kier alpha value is -2.23. The number of rotatable bonds is 4. The molecule has 0 saturated carbocycles. The Morgan fingerprint density at radius 1 is 1.32 bits per heavy atom. The van der Waals surface area contributed by atoms with Gasteiger partial charge in [-0.15, -0.1) is 0 Å². The summed E-state index contributed by atoms with van der Waals surface area (Å²) in [6, 6.07) is 9.79. The first-order chi connectivity index (χ1) is 9.11. The summed E-state index contributed by atoms with van der Waals surface area (Å²) >= 11 is 0. The van der Waals surface area contributed by atoms with Crippen LogP contribution in [0, 0.1) is 6.92 Å². The summed E-state index contributed by atoms with van der Waals surface area (Å²) in [5.41, 5.74) is 4.02. The highest BCUT2D eigenvalue weighted by Crippen LogP contribution is 2.17. The predicted octanol–water partition coefficient (Wildman–Crippen LogP) is 2.31. The van der Waals surface area contributed by atoms with E-state index in [1.807, 2.05) is 44.4 Å². The molecule has 19 heavy (non-hydrogen) atoms. The molecule has 1 aromatic heterocycles. The highest BCUT2D eigenvalue weighted by Gasteiger charge is 2.06. The molecule has 0 aliphatic carbocycles. The normalized spacial score (nSPS) is 10.3. The highest BCUT2D eigenvalue weighted by atomic mass is 16.1. The summed E-state index contributed by atoms with van der Waals surface area (Å²) in [6.45, 7) is 2.77. The van der Waals surface area contributed by atoms with Crippen molar-refractivity contribution in [1.82, 2.24) is 9.88 Å². The summed E-state index contributed by atoms with van der Waals surface area (Å²) in [5, 5.41) is 6.01. The third kappa shape index (κ3) is 2.96. The third-order valence-electron chi connectivity index (χ3n) is 3.23. The zero-order valence-electron chi connectivity index (χ0n) is 11.5. The molecule has 1 heterocycles. The van der Waals surface area contributed by atoms with Crippen molar-refractivity contribution in [2.24, 2.45) is 7.05 Å². The van der Waals surface area contributed by atoms with Crippen molar-refractivity contribution in [2.75, 3.05) is 12.4 Å². The maximum atomic E-state index is 11.5. The summed E-state index contributed by atoms with van der Waals surface area (Å²) in [7, 11) is 3.66. The molecule has 0 aliphatic heterocycles. The second-order valence-electron chi connectivity index (χ2n) is 4.57. The van der Waals surface area contributed by atoms with Gasteiger partial charge in [0, 0.05) is 37.2 Å². The molecule has 1 amide bonds. The Kier molecular flexibility index (Phi) is 3.90. The van der Waals surface area contributed by atoms with E-state index in [0.717, 1.165) is 17.8 Å². The first kappa shape index (κ1) is 13.2. The average Bonchev–Trinajstić information content (AvgIpc) is 2.82. The van der Waals surface area contributed by atoms with Crippen LogP contribution in [0.5, 0.6) is 0 Å². The Balaban J connectivity index is 2.09. The van der Waals surface area contributed by atoms with E-state index in [1.165, 1.54) is 5.69 Å². The maximum absolute atomic E-state index is 11.5. The minimum Gasteiger partial charge on any atom is -0.379 e. The van der Waals surface area contributed by atoms with Crippen molar-refractivity contribution >= 4 is 11.6 Å². The van der Waals surface area contributed by atoms with E-state index in [2.05, 4.69) is 21.3 Å². The molecule has 4 nitrogen and oxygen atoms in total. The van der Waals surface area contributed by atoms with Gasteiger partial charge in [0.1, 0.15) is 0 Å². The van der Waals surface area contributed by atoms with E-state index in [-0.39, 0.29) is 5.91 Å². The number of hydrogen-bond donors (Lipinski definition) is 2. The van der Waals surface area contributed by atoms with Crippen LogP contribution in [0.25, 0.3) is 0 Å². The van der Waals surface area contributed by atoms with E-state index in [9.17, 15) is 4.79 Å². The molecular weight excluding hydrogens is 238 g/mol. The molecule has 0 bridgehead atoms. The van der Waals surface area contributed by atoms with Crippen LogP contribution in [0.2, 0.25) is 0 Å². The fourth-order valence-electron chi connectivity index (χ4n) is 2.01. The van der Waals surface area contributed by atoms with Gasteiger partial charge in [0.15, 0.2) is 0 Å². The van der Waals surface area contributed by atoms with E-state index in [4.69, 9.17) is 0 Å². The summed E-state index contributed by atoms with van der Waals surface area (Å²) < 4.78 is 2.08. The molecule has 2 N–H and O–H groups in total. The van der Waals surface area contributed by atoms with Gasteiger partial charge in [-0.2, -0.15) is 0 Å². The molecule has 1 aromatic carbocycles. The smallest absolute Gasteiger partial charge is 0.251 e. The quantitative estimate of drug-likeness (QED) is 0.883. The number of benzene rings is 1. The second-order valence-corrected chi connectivity index (χ2v) is 4.57. The fourth-order valence-corrected chi connectivity index (χ4v) is 2.01. The van der Waals surface area contributed by atoms with Crippen molar-refractivity contribution in [3.63, 3.8) is 0 Å². The lowest BCUT2D eigenvalue weighted by Gasteiger charge is -2.11. The number of anilines is 1. The van der Waals surface area contributed by atoms with Crippen LogP contribution in [-0.2, 0) is 13.6 Å². The zero-order valence-corrected chi connectivity index (χ0v) is 11.5. The van der Waals surface area contributed by atoms with Crippen LogP contribution in [0.3, 0.4) is 0 Å². The van der Waals surface area contributed by atoms with Crippen LogP contribution in [0.15, 0.2) is 36.5 Å². The Bertz CT molecular complexity index is 587. The zero-order chi connectivity index (χ0) is 13.8. The van der Waals surface area contributed by atoms with E-state index in [0.29, 0.717) is 5.56 Å². The lowest BCUT2D eigenvalue weighted by Crippen LogP contribution is -2.18. The van der Waals surface area contributed by atoms with Crippen molar-refractivity contribution in [3.05, 3.63) is 53.3 Å². The van der Waals surface area contributed by atoms with Crippen LogP contribution in [0.4, 0.5) is 5.69 Å². The molecule has 0 fully saturated rings. The number of aromatic nitrogens is 1. The van der Waals surface area contributed by atoms with Gasteiger partial charge in [0.2, 0.25) is 0 Å². The fraction of sp³-hybridized carbons (Fsp3) is 0.267. The van der Waals surface area contributed by atoms with Crippen molar-refractivity contribution < 1.29 is 4.79 Å². The van der Waals surface area contributed by atoms with Crippen LogP contribution in [0.1, 0.15) is 21.6 Å². The number of hydrogen-bond acceptors (Lipinski definition) is 2. The molecule has 4 heteroatoms. The standard InChI is InChI=1S/C15H19N3O/c1-11-9-12(15(19)16-2)6-7-14(11)17-10-13-5-4-8-18(13)3/h4-9,17H,10H2,1-3H3,(H,16,19). The van der Waals surface area contributed by atoms with Gasteiger partial charge in [0.05, 0.1) is 6.54 Å². The number of aryl methyl sites for hydroxylation is 2. The maximum Gasteiger partial charge on any atom is 0.251 e. The van der Waals surface area contributed by atoms with Crippen LogP contribution < -0.4 is 10.6 Å². The number of nitrogens with one attached hydrogen (secondary N) is 2. The molecule has 0 unspecified atom stereocenters. The predicted molar refractivity (Wildman–Crippen MR) is 77.3 cm³/mol. The Morgan fingerprint density at radius 3 is 2.68 bits per heavy atom. The largest absolute Gasteiger partial charge is 0.379 e. The first-order valence-electron chi connectivity index (χ1n) is 6.28. The van der Waals surface area contributed by atoms with E-state index in [1.54, 1.807) is 7.05 Å². The Labute approximate surface area is 113 Å². The molecule has 0 aliphatic rings. The van der Waals surface area contributed by atoms with Crippen molar-refractivity contribution in [1.29, 1.82) is 0 Å². The average molecular weight is 257 g/mol. The number of nitrogens with zero attached hydrogens (tertiary/aromatic N) is 1. The van der Waals surface area contributed by atoms with Gasteiger partial charge < -0.3 is 15.2 Å². The van der Waals surface area contributed by atoms with Crippen LogP contribution >= 0.6 is 0 Å². The SMILES string of the molecule is CNC(=O)c1ccc(NCc2cccn2C)c(C)c1. The minimum atomic E-state index is -0.0583. The summed E-state index contributed by atoms with van der Waals surface area (Å²) in [5.74, 6) is -0.0583. The molecule has 2 aromatic rings. The monoisotopic (exact) mass is 257 g/mol. The van der Waals surface area contributed by atoms with Gasteiger partial charge in [-0.3, -0.25) is 4.79 Å². The van der Waals surface area contributed by atoms with Gasteiger partial charge in [0.25, 0.3) is 5.91 Å². The van der Waals surface area contributed by atoms with Crippen LogP contribution in [-0.4, -0.2) is 17.5 Å². The Morgan fingerprint density at radius 2 is 2.11 bits per heavy atom. The van der Waals surface area contributed by atoms with Crippen molar-refractivity contribution in [3.8, 4) is 0 Å². The minimum absolute atomic E-state index is 0.0583. The molecule has 0 saturated heterocycles. The molecule has 2 rings (SSSR count).